The number of methoxy groups -OCH3 is 1. The van der Waals surface area contributed by atoms with Gasteiger partial charge in [0.25, 0.3) is 5.91 Å². The van der Waals surface area contributed by atoms with Crippen LogP contribution in [-0.4, -0.2) is 36.7 Å². The van der Waals surface area contributed by atoms with Crippen LogP contribution in [0, 0.1) is 0 Å². The quantitative estimate of drug-likeness (QED) is 0.871. The largest absolute Gasteiger partial charge is 0.493 e. The lowest BCUT2D eigenvalue weighted by atomic mass is 10.2. The molecule has 1 saturated heterocycles. The van der Waals surface area contributed by atoms with Gasteiger partial charge in [-0.25, -0.2) is 4.79 Å². The number of hydrogen-bond donors (Lipinski definition) is 2. The molecule has 2 N–H and O–H groups in total. The summed E-state index contributed by atoms with van der Waals surface area (Å²) in [4.78, 5) is 22.4. The maximum absolute atomic E-state index is 11.5. The molecule has 6 nitrogen and oxygen atoms in total. The summed E-state index contributed by atoms with van der Waals surface area (Å²) >= 11 is 5.98. The van der Waals surface area contributed by atoms with E-state index in [1.165, 1.54) is 19.2 Å². The maximum atomic E-state index is 11.5. The van der Waals surface area contributed by atoms with Gasteiger partial charge in [-0.05, 0) is 12.1 Å². The first-order valence-electron chi connectivity index (χ1n) is 5.58. The van der Waals surface area contributed by atoms with Gasteiger partial charge in [-0.3, -0.25) is 4.79 Å². The fourth-order valence-electron chi connectivity index (χ4n) is 1.78. The van der Waals surface area contributed by atoms with Crippen LogP contribution in [-0.2, 0) is 4.79 Å². The zero-order valence-electron chi connectivity index (χ0n) is 10.1. The van der Waals surface area contributed by atoms with Gasteiger partial charge in [0, 0.05) is 13.0 Å². The third-order valence-corrected chi connectivity index (χ3v) is 3.02. The minimum Gasteiger partial charge on any atom is -0.493 e. The number of carboxylic acids is 1. The van der Waals surface area contributed by atoms with Crippen molar-refractivity contribution in [2.45, 2.75) is 12.5 Å². The zero-order valence-corrected chi connectivity index (χ0v) is 10.9. The van der Waals surface area contributed by atoms with Crippen molar-refractivity contribution >= 4 is 23.5 Å². The van der Waals surface area contributed by atoms with Crippen LogP contribution in [0.25, 0.3) is 0 Å². The van der Waals surface area contributed by atoms with Crippen molar-refractivity contribution < 1.29 is 24.2 Å². The van der Waals surface area contributed by atoms with E-state index in [1.54, 1.807) is 0 Å². The summed E-state index contributed by atoms with van der Waals surface area (Å²) < 4.78 is 10.6. The summed E-state index contributed by atoms with van der Waals surface area (Å²) in [6, 6.07) is 2.56. The Bertz CT molecular complexity index is 531. The average Bonchev–Trinajstić information content (AvgIpc) is 2.77. The normalized spacial score (nSPS) is 18.0. The Morgan fingerprint density at radius 3 is 2.79 bits per heavy atom. The number of ether oxygens (including phenoxy) is 2. The van der Waals surface area contributed by atoms with Crippen molar-refractivity contribution in [2.24, 2.45) is 0 Å². The predicted octanol–water partition coefficient (Wildman–Crippen LogP) is 1.31. The maximum Gasteiger partial charge on any atom is 0.335 e. The van der Waals surface area contributed by atoms with Gasteiger partial charge >= 0.3 is 5.97 Å². The lowest BCUT2D eigenvalue weighted by Gasteiger charge is -2.16. The molecule has 1 aromatic rings. The van der Waals surface area contributed by atoms with E-state index in [9.17, 15) is 9.59 Å². The molecule has 0 radical (unpaired) electrons. The smallest absolute Gasteiger partial charge is 0.335 e. The molecule has 1 unspecified atom stereocenters. The Labute approximate surface area is 114 Å². The van der Waals surface area contributed by atoms with Gasteiger partial charge in [0.1, 0.15) is 0 Å². The standard InChI is InChI=1S/C12H12ClNO5/c1-18-9-5-6(12(16)17)4-7(13)10(9)19-8-2-3-14-11(8)15/h4-5,8H,2-3H2,1H3,(H,14,15)(H,16,17). The third kappa shape index (κ3) is 2.73. The summed E-state index contributed by atoms with van der Waals surface area (Å²) in [6.07, 6.45) is -0.110. The van der Waals surface area contributed by atoms with E-state index >= 15 is 0 Å². The second-order valence-electron chi connectivity index (χ2n) is 3.98. The molecule has 7 heteroatoms. The van der Waals surface area contributed by atoms with Crippen LogP contribution < -0.4 is 14.8 Å². The summed E-state index contributed by atoms with van der Waals surface area (Å²) in [7, 11) is 1.37. The van der Waals surface area contributed by atoms with Crippen LogP contribution in [0.5, 0.6) is 11.5 Å². The molecule has 0 aromatic heterocycles. The van der Waals surface area contributed by atoms with Gasteiger partial charge < -0.3 is 19.9 Å². The van der Waals surface area contributed by atoms with Crippen LogP contribution in [0.2, 0.25) is 5.02 Å². The van der Waals surface area contributed by atoms with Crippen molar-refractivity contribution in [1.82, 2.24) is 5.32 Å². The molecule has 0 bridgehead atoms. The Balaban J connectivity index is 2.33. The number of rotatable bonds is 4. The summed E-state index contributed by atoms with van der Waals surface area (Å²) in [5.41, 5.74) is -0.00919. The SMILES string of the molecule is COc1cc(C(=O)O)cc(Cl)c1OC1CCNC1=O. The highest BCUT2D eigenvalue weighted by molar-refractivity contribution is 6.32. The molecule has 0 aliphatic carbocycles. The second-order valence-corrected chi connectivity index (χ2v) is 4.39. The monoisotopic (exact) mass is 285 g/mol. The zero-order chi connectivity index (χ0) is 14.0. The number of aromatic carboxylic acids is 1. The number of nitrogens with one attached hydrogen (secondary N) is 1. The molecule has 1 fully saturated rings. The first-order chi connectivity index (χ1) is 9.02. The van der Waals surface area contributed by atoms with E-state index in [2.05, 4.69) is 5.32 Å². The number of carbonyl (C=O) groups excluding carboxylic acids is 1. The average molecular weight is 286 g/mol. The Morgan fingerprint density at radius 1 is 1.53 bits per heavy atom. The minimum absolute atomic E-state index is 0.00919. The van der Waals surface area contributed by atoms with E-state index in [1.807, 2.05) is 0 Å². The minimum atomic E-state index is -1.12. The van der Waals surface area contributed by atoms with E-state index in [-0.39, 0.29) is 28.0 Å². The molecule has 1 aliphatic rings. The van der Waals surface area contributed by atoms with Crippen LogP contribution in [0.15, 0.2) is 12.1 Å². The van der Waals surface area contributed by atoms with Crippen molar-refractivity contribution in [3.8, 4) is 11.5 Å². The van der Waals surface area contributed by atoms with Crippen molar-refractivity contribution in [3.63, 3.8) is 0 Å². The molecule has 19 heavy (non-hydrogen) atoms. The molecule has 0 spiro atoms. The molecule has 1 amide bonds. The van der Waals surface area contributed by atoms with Gasteiger partial charge in [-0.15, -0.1) is 0 Å². The van der Waals surface area contributed by atoms with E-state index in [4.69, 9.17) is 26.2 Å². The van der Waals surface area contributed by atoms with Crippen LogP contribution >= 0.6 is 11.6 Å². The summed E-state index contributed by atoms with van der Waals surface area (Å²) in [5.74, 6) is -0.980. The van der Waals surface area contributed by atoms with E-state index in [0.717, 1.165) is 0 Å². The molecular weight excluding hydrogens is 274 g/mol. The fraction of sp³-hybridized carbons (Fsp3) is 0.333. The van der Waals surface area contributed by atoms with Crippen LogP contribution in [0.1, 0.15) is 16.8 Å². The number of carboxylic acid groups (broad SMARTS) is 1. The molecule has 1 aromatic carbocycles. The fourth-order valence-corrected chi connectivity index (χ4v) is 2.04. The molecule has 1 aliphatic heterocycles. The van der Waals surface area contributed by atoms with E-state index < -0.39 is 12.1 Å². The molecule has 1 heterocycles. The third-order valence-electron chi connectivity index (χ3n) is 2.73. The number of amides is 1. The van der Waals surface area contributed by atoms with Gasteiger partial charge in [0.15, 0.2) is 17.6 Å². The lowest BCUT2D eigenvalue weighted by molar-refractivity contribution is -0.124. The van der Waals surface area contributed by atoms with Gasteiger partial charge in [-0.2, -0.15) is 0 Å². The second kappa shape index (κ2) is 5.36. The number of halogens is 1. The Kier molecular flexibility index (Phi) is 3.80. The highest BCUT2D eigenvalue weighted by Crippen LogP contribution is 2.37. The van der Waals surface area contributed by atoms with Crippen molar-refractivity contribution in [3.05, 3.63) is 22.7 Å². The van der Waals surface area contributed by atoms with Crippen molar-refractivity contribution in [2.75, 3.05) is 13.7 Å². The van der Waals surface area contributed by atoms with Gasteiger partial charge in [0.2, 0.25) is 0 Å². The number of benzene rings is 1. The summed E-state index contributed by atoms with van der Waals surface area (Å²) in [5, 5.41) is 11.7. The number of carbonyl (C=O) groups is 2. The number of hydrogen-bond acceptors (Lipinski definition) is 4. The van der Waals surface area contributed by atoms with Crippen LogP contribution in [0.4, 0.5) is 0 Å². The predicted molar refractivity (Wildman–Crippen MR) is 67.0 cm³/mol. The molecule has 1 atom stereocenters. The van der Waals surface area contributed by atoms with Gasteiger partial charge in [0.05, 0.1) is 17.7 Å². The van der Waals surface area contributed by atoms with Crippen LogP contribution in [0.3, 0.4) is 0 Å². The Morgan fingerprint density at radius 2 is 2.26 bits per heavy atom. The first-order valence-corrected chi connectivity index (χ1v) is 5.96. The first kappa shape index (κ1) is 13.5. The van der Waals surface area contributed by atoms with Gasteiger partial charge in [-0.1, -0.05) is 11.6 Å². The molecule has 102 valence electrons. The Hall–Kier alpha value is -1.95. The summed E-state index contributed by atoms with van der Waals surface area (Å²) in [6.45, 7) is 0.538. The highest BCUT2D eigenvalue weighted by Gasteiger charge is 2.28. The van der Waals surface area contributed by atoms with Crippen molar-refractivity contribution in [1.29, 1.82) is 0 Å². The lowest BCUT2D eigenvalue weighted by Crippen LogP contribution is -2.27. The highest BCUT2D eigenvalue weighted by atomic mass is 35.5. The molecular formula is C12H12ClNO5. The van der Waals surface area contributed by atoms with E-state index in [0.29, 0.717) is 13.0 Å². The molecule has 2 rings (SSSR count). The molecule has 0 saturated carbocycles. The topological polar surface area (TPSA) is 84.9 Å².